The van der Waals surface area contributed by atoms with E-state index in [0.717, 1.165) is 29.2 Å². The summed E-state index contributed by atoms with van der Waals surface area (Å²) >= 11 is 3.45. The first-order valence-corrected chi connectivity index (χ1v) is 6.71. The van der Waals surface area contributed by atoms with Crippen LogP contribution < -0.4 is 10.6 Å². The van der Waals surface area contributed by atoms with E-state index in [0.29, 0.717) is 5.56 Å². The third kappa shape index (κ3) is 2.80. The molecule has 1 aliphatic heterocycles. The van der Waals surface area contributed by atoms with Crippen LogP contribution in [0.15, 0.2) is 22.7 Å². The molecule has 1 aromatic carbocycles. The lowest BCUT2D eigenvalue weighted by molar-refractivity contribution is 0.100. The van der Waals surface area contributed by atoms with E-state index in [1.165, 1.54) is 12.8 Å². The molecule has 0 spiro atoms. The predicted molar refractivity (Wildman–Crippen MR) is 73.3 cm³/mol. The average Bonchev–Trinajstić information content (AvgIpc) is 2.29. The van der Waals surface area contributed by atoms with Crippen molar-refractivity contribution in [1.29, 1.82) is 0 Å². The van der Waals surface area contributed by atoms with Crippen LogP contribution in [0.1, 0.15) is 30.1 Å². The summed E-state index contributed by atoms with van der Waals surface area (Å²) in [6.45, 7) is 4.27. The van der Waals surface area contributed by atoms with Gasteiger partial charge in [0.2, 0.25) is 0 Å². The van der Waals surface area contributed by atoms with Crippen LogP contribution in [0.3, 0.4) is 0 Å². The number of rotatable bonds is 2. The zero-order chi connectivity index (χ0) is 12.4. The molecule has 0 saturated carbocycles. The van der Waals surface area contributed by atoms with E-state index in [4.69, 9.17) is 5.73 Å². The van der Waals surface area contributed by atoms with Crippen LogP contribution in [0.5, 0.6) is 0 Å². The van der Waals surface area contributed by atoms with Gasteiger partial charge < -0.3 is 10.6 Å². The number of nitrogens with zero attached hydrogens (tertiary/aromatic N) is 1. The molecule has 4 heteroatoms. The van der Waals surface area contributed by atoms with Crippen molar-refractivity contribution in [2.45, 2.75) is 19.8 Å². The lowest BCUT2D eigenvalue weighted by Crippen LogP contribution is -2.34. The van der Waals surface area contributed by atoms with Gasteiger partial charge in [0.1, 0.15) is 0 Å². The maximum Gasteiger partial charge on any atom is 0.250 e. The quantitative estimate of drug-likeness (QED) is 0.912. The first kappa shape index (κ1) is 12.4. The van der Waals surface area contributed by atoms with Gasteiger partial charge >= 0.3 is 0 Å². The molecule has 2 rings (SSSR count). The van der Waals surface area contributed by atoms with Crippen molar-refractivity contribution < 1.29 is 4.79 Å². The number of amides is 1. The molecule has 0 aromatic heterocycles. The van der Waals surface area contributed by atoms with Crippen molar-refractivity contribution in [3.8, 4) is 0 Å². The van der Waals surface area contributed by atoms with Crippen molar-refractivity contribution in [2.24, 2.45) is 11.7 Å². The minimum atomic E-state index is -0.355. The van der Waals surface area contributed by atoms with Gasteiger partial charge in [-0.2, -0.15) is 0 Å². The molecule has 0 aliphatic carbocycles. The highest BCUT2D eigenvalue weighted by Gasteiger charge is 2.20. The molecule has 92 valence electrons. The second kappa shape index (κ2) is 5.08. The summed E-state index contributed by atoms with van der Waals surface area (Å²) in [5, 5.41) is 0. The second-order valence-corrected chi connectivity index (χ2v) is 5.61. The molecular weight excluding hydrogens is 280 g/mol. The molecular formula is C13H17BrN2O. The van der Waals surface area contributed by atoms with E-state index in [1.54, 1.807) is 6.07 Å². The lowest BCUT2D eigenvalue weighted by Gasteiger charge is -2.33. The smallest absolute Gasteiger partial charge is 0.250 e. The normalized spacial score (nSPS) is 17.2. The number of piperidine rings is 1. The van der Waals surface area contributed by atoms with Crippen LogP contribution >= 0.6 is 15.9 Å². The molecule has 0 unspecified atom stereocenters. The van der Waals surface area contributed by atoms with E-state index in [9.17, 15) is 4.79 Å². The maximum atomic E-state index is 11.4. The molecule has 0 bridgehead atoms. The van der Waals surface area contributed by atoms with Crippen molar-refractivity contribution in [3.63, 3.8) is 0 Å². The topological polar surface area (TPSA) is 46.3 Å². The number of carbonyl (C=O) groups is 1. The minimum absolute atomic E-state index is 0.355. The molecule has 1 saturated heterocycles. The van der Waals surface area contributed by atoms with Gasteiger partial charge in [-0.3, -0.25) is 4.79 Å². The van der Waals surface area contributed by atoms with Crippen LogP contribution in [0.4, 0.5) is 5.69 Å². The molecule has 1 heterocycles. The molecule has 0 atom stereocenters. The maximum absolute atomic E-state index is 11.4. The van der Waals surface area contributed by atoms with E-state index >= 15 is 0 Å². The third-order valence-corrected chi connectivity index (χ3v) is 3.84. The number of halogens is 1. The number of primary amides is 1. The van der Waals surface area contributed by atoms with Crippen molar-refractivity contribution in [1.82, 2.24) is 0 Å². The Kier molecular flexibility index (Phi) is 3.72. The van der Waals surface area contributed by atoms with Gasteiger partial charge in [0, 0.05) is 17.6 Å². The summed E-state index contributed by atoms with van der Waals surface area (Å²) < 4.78 is 0.983. The molecule has 17 heavy (non-hydrogen) atoms. The number of hydrogen-bond donors (Lipinski definition) is 1. The van der Waals surface area contributed by atoms with Crippen LogP contribution in [0.2, 0.25) is 0 Å². The Balaban J connectivity index is 2.30. The first-order chi connectivity index (χ1) is 8.08. The van der Waals surface area contributed by atoms with Gasteiger partial charge in [0.05, 0.1) is 11.3 Å². The second-order valence-electron chi connectivity index (χ2n) is 4.70. The Labute approximate surface area is 110 Å². The summed E-state index contributed by atoms with van der Waals surface area (Å²) in [6.07, 6.45) is 2.34. The Bertz CT molecular complexity index is 425. The fraction of sp³-hybridized carbons (Fsp3) is 0.462. The molecule has 1 aliphatic rings. The fourth-order valence-electron chi connectivity index (χ4n) is 2.22. The number of nitrogens with two attached hydrogens (primary N) is 1. The van der Waals surface area contributed by atoms with E-state index in [2.05, 4.69) is 27.8 Å². The zero-order valence-electron chi connectivity index (χ0n) is 9.95. The molecule has 3 nitrogen and oxygen atoms in total. The summed E-state index contributed by atoms with van der Waals surface area (Å²) in [6, 6.07) is 5.63. The number of anilines is 1. The summed E-state index contributed by atoms with van der Waals surface area (Å²) in [5.74, 6) is 0.418. The summed E-state index contributed by atoms with van der Waals surface area (Å²) in [7, 11) is 0. The van der Waals surface area contributed by atoms with Crippen LogP contribution in [-0.2, 0) is 0 Å². The Morgan fingerprint density at radius 1 is 1.41 bits per heavy atom. The number of hydrogen-bond acceptors (Lipinski definition) is 2. The average molecular weight is 297 g/mol. The van der Waals surface area contributed by atoms with E-state index in [-0.39, 0.29) is 5.91 Å². The van der Waals surface area contributed by atoms with Gasteiger partial charge in [-0.05, 0) is 37.0 Å². The first-order valence-electron chi connectivity index (χ1n) is 5.92. The van der Waals surface area contributed by atoms with E-state index in [1.807, 2.05) is 12.1 Å². The van der Waals surface area contributed by atoms with Gasteiger partial charge in [-0.15, -0.1) is 0 Å². The van der Waals surface area contributed by atoms with Crippen molar-refractivity contribution in [3.05, 3.63) is 28.2 Å². The van der Waals surface area contributed by atoms with Crippen LogP contribution in [0.25, 0.3) is 0 Å². The lowest BCUT2D eigenvalue weighted by atomic mass is 9.98. The SMILES string of the molecule is CC1CCN(c2cc(Br)ccc2C(N)=O)CC1. The predicted octanol–water partition coefficient (Wildman–Crippen LogP) is 2.78. The van der Waals surface area contributed by atoms with Gasteiger partial charge in [0.25, 0.3) is 5.91 Å². The highest BCUT2D eigenvalue weighted by Crippen LogP contribution is 2.28. The summed E-state index contributed by atoms with van der Waals surface area (Å²) in [4.78, 5) is 13.7. The number of carbonyl (C=O) groups excluding carboxylic acids is 1. The number of benzene rings is 1. The van der Waals surface area contributed by atoms with Crippen molar-refractivity contribution in [2.75, 3.05) is 18.0 Å². The molecule has 2 N–H and O–H groups in total. The van der Waals surface area contributed by atoms with Crippen LogP contribution in [0, 0.1) is 5.92 Å². The monoisotopic (exact) mass is 296 g/mol. The highest BCUT2D eigenvalue weighted by molar-refractivity contribution is 9.10. The Morgan fingerprint density at radius 3 is 2.65 bits per heavy atom. The minimum Gasteiger partial charge on any atom is -0.371 e. The van der Waals surface area contributed by atoms with Gasteiger partial charge in [-0.25, -0.2) is 0 Å². The van der Waals surface area contributed by atoms with Crippen LogP contribution in [-0.4, -0.2) is 19.0 Å². The zero-order valence-corrected chi connectivity index (χ0v) is 11.5. The largest absolute Gasteiger partial charge is 0.371 e. The molecule has 1 aromatic rings. The molecule has 1 amide bonds. The highest BCUT2D eigenvalue weighted by atomic mass is 79.9. The van der Waals surface area contributed by atoms with Crippen molar-refractivity contribution >= 4 is 27.5 Å². The Morgan fingerprint density at radius 2 is 2.06 bits per heavy atom. The van der Waals surface area contributed by atoms with E-state index < -0.39 is 0 Å². The molecule has 0 radical (unpaired) electrons. The Hall–Kier alpha value is -1.03. The third-order valence-electron chi connectivity index (χ3n) is 3.35. The summed E-state index contributed by atoms with van der Waals surface area (Å²) in [5.41, 5.74) is 6.99. The fourth-order valence-corrected chi connectivity index (χ4v) is 2.57. The molecule has 1 fully saturated rings. The van der Waals surface area contributed by atoms with Gasteiger partial charge in [0.15, 0.2) is 0 Å². The standard InChI is InChI=1S/C13H17BrN2O/c1-9-4-6-16(7-5-9)12-8-10(14)2-3-11(12)13(15)17/h2-3,8-9H,4-7H2,1H3,(H2,15,17). The van der Waals surface area contributed by atoms with Gasteiger partial charge in [-0.1, -0.05) is 22.9 Å².